The van der Waals surface area contributed by atoms with Crippen LogP contribution in [0.3, 0.4) is 0 Å². The van der Waals surface area contributed by atoms with E-state index in [1.165, 1.54) is 4.88 Å². The van der Waals surface area contributed by atoms with E-state index in [0.717, 1.165) is 16.4 Å². The Labute approximate surface area is 100 Å². The zero-order valence-electron chi connectivity index (χ0n) is 10.1. The molecule has 0 fully saturated rings. The molecule has 0 spiro atoms. The van der Waals surface area contributed by atoms with Gasteiger partial charge in [0.05, 0.1) is 11.4 Å². The van der Waals surface area contributed by atoms with Crippen LogP contribution < -0.4 is 0 Å². The Morgan fingerprint density at radius 1 is 1.19 bits per heavy atom. The van der Waals surface area contributed by atoms with Crippen molar-refractivity contribution in [2.75, 3.05) is 0 Å². The van der Waals surface area contributed by atoms with Crippen molar-refractivity contribution in [3.05, 3.63) is 35.0 Å². The fourth-order valence-corrected chi connectivity index (χ4v) is 2.79. The minimum Gasteiger partial charge on any atom is -0.254 e. The Hall–Kier alpha value is -1.22. The molecule has 0 aliphatic carbocycles. The zero-order valence-corrected chi connectivity index (χ0v) is 10.9. The quantitative estimate of drug-likeness (QED) is 0.747. The first-order valence-corrected chi connectivity index (χ1v) is 6.19. The standard InChI is InChI=1S/C13H16N2S/c1-9-11(13(2,3)4)16-12(15-9)10-7-5-6-8-14-10/h5-8H,1-4H3. The lowest BCUT2D eigenvalue weighted by atomic mass is 9.94. The van der Waals surface area contributed by atoms with Crippen molar-refractivity contribution in [2.45, 2.75) is 33.1 Å². The highest BCUT2D eigenvalue weighted by Crippen LogP contribution is 2.34. The second-order valence-electron chi connectivity index (χ2n) is 4.90. The number of aryl methyl sites for hydroxylation is 1. The molecule has 2 rings (SSSR count). The number of nitrogens with zero attached hydrogens (tertiary/aromatic N) is 2. The zero-order chi connectivity index (χ0) is 11.8. The maximum atomic E-state index is 4.60. The second kappa shape index (κ2) is 3.98. The van der Waals surface area contributed by atoms with E-state index in [-0.39, 0.29) is 5.41 Å². The molecule has 0 saturated carbocycles. The lowest BCUT2D eigenvalue weighted by Crippen LogP contribution is -2.10. The SMILES string of the molecule is Cc1nc(-c2ccccn2)sc1C(C)(C)C. The summed E-state index contributed by atoms with van der Waals surface area (Å²) >= 11 is 1.75. The molecule has 3 heteroatoms. The number of pyridine rings is 1. The average molecular weight is 232 g/mol. The van der Waals surface area contributed by atoms with Gasteiger partial charge in [0.2, 0.25) is 0 Å². The van der Waals surface area contributed by atoms with E-state index in [0.29, 0.717) is 0 Å². The molecule has 0 saturated heterocycles. The monoisotopic (exact) mass is 232 g/mol. The number of thiazole rings is 1. The Kier molecular flexibility index (Phi) is 2.80. The van der Waals surface area contributed by atoms with E-state index in [4.69, 9.17) is 0 Å². The van der Waals surface area contributed by atoms with E-state index >= 15 is 0 Å². The van der Waals surface area contributed by atoms with E-state index in [1.54, 1.807) is 11.3 Å². The Balaban J connectivity index is 2.47. The average Bonchev–Trinajstić information content (AvgIpc) is 2.61. The smallest absolute Gasteiger partial charge is 0.142 e. The summed E-state index contributed by atoms with van der Waals surface area (Å²) in [5.74, 6) is 0. The number of rotatable bonds is 1. The van der Waals surface area contributed by atoms with Gasteiger partial charge in [0, 0.05) is 11.1 Å². The van der Waals surface area contributed by atoms with Gasteiger partial charge in [0.15, 0.2) is 0 Å². The topological polar surface area (TPSA) is 25.8 Å². The molecule has 84 valence electrons. The van der Waals surface area contributed by atoms with Crippen LogP contribution in [0, 0.1) is 6.92 Å². The molecule has 0 aliphatic heterocycles. The summed E-state index contributed by atoms with van der Waals surface area (Å²) in [6, 6.07) is 5.93. The van der Waals surface area contributed by atoms with Gasteiger partial charge in [0.1, 0.15) is 5.01 Å². The predicted octanol–water partition coefficient (Wildman–Crippen LogP) is 3.81. The number of hydrogen-bond donors (Lipinski definition) is 0. The van der Waals surface area contributed by atoms with Crippen LogP contribution in [-0.2, 0) is 5.41 Å². The van der Waals surface area contributed by atoms with Crippen molar-refractivity contribution in [1.29, 1.82) is 0 Å². The molecular formula is C13H16N2S. The Morgan fingerprint density at radius 2 is 1.94 bits per heavy atom. The van der Waals surface area contributed by atoms with Gasteiger partial charge in [-0.25, -0.2) is 4.98 Å². The summed E-state index contributed by atoms with van der Waals surface area (Å²) in [4.78, 5) is 10.3. The van der Waals surface area contributed by atoms with Gasteiger partial charge in [-0.05, 0) is 24.5 Å². The van der Waals surface area contributed by atoms with E-state index in [2.05, 4.69) is 37.7 Å². The fraction of sp³-hybridized carbons (Fsp3) is 0.385. The number of aromatic nitrogens is 2. The van der Waals surface area contributed by atoms with Gasteiger partial charge in [0.25, 0.3) is 0 Å². The van der Waals surface area contributed by atoms with Crippen molar-refractivity contribution >= 4 is 11.3 Å². The van der Waals surface area contributed by atoms with Crippen molar-refractivity contribution in [1.82, 2.24) is 9.97 Å². The maximum absolute atomic E-state index is 4.60. The molecule has 0 bridgehead atoms. The molecule has 0 aromatic carbocycles. The Bertz CT molecular complexity index is 480. The summed E-state index contributed by atoms with van der Waals surface area (Å²) in [5, 5.41) is 1.02. The minimum absolute atomic E-state index is 0.161. The molecule has 0 atom stereocenters. The van der Waals surface area contributed by atoms with E-state index in [1.807, 2.05) is 24.4 Å². The predicted molar refractivity (Wildman–Crippen MR) is 68.8 cm³/mol. The van der Waals surface area contributed by atoms with Crippen LogP contribution in [0.1, 0.15) is 31.3 Å². The van der Waals surface area contributed by atoms with Crippen molar-refractivity contribution in [3.63, 3.8) is 0 Å². The van der Waals surface area contributed by atoms with Gasteiger partial charge >= 0.3 is 0 Å². The highest BCUT2D eigenvalue weighted by atomic mass is 32.1. The minimum atomic E-state index is 0.161. The highest BCUT2D eigenvalue weighted by molar-refractivity contribution is 7.15. The van der Waals surface area contributed by atoms with Gasteiger partial charge in [-0.1, -0.05) is 26.8 Å². The Morgan fingerprint density at radius 3 is 2.44 bits per heavy atom. The van der Waals surface area contributed by atoms with Crippen molar-refractivity contribution in [3.8, 4) is 10.7 Å². The molecule has 2 heterocycles. The van der Waals surface area contributed by atoms with Crippen LogP contribution in [0.2, 0.25) is 0 Å². The summed E-state index contributed by atoms with van der Waals surface area (Å²) in [7, 11) is 0. The first-order chi connectivity index (χ1) is 7.48. The number of hydrogen-bond acceptors (Lipinski definition) is 3. The lowest BCUT2D eigenvalue weighted by Gasteiger charge is -2.16. The van der Waals surface area contributed by atoms with Crippen LogP contribution in [-0.4, -0.2) is 9.97 Å². The first kappa shape index (κ1) is 11.3. The second-order valence-corrected chi connectivity index (χ2v) is 5.90. The van der Waals surface area contributed by atoms with E-state index < -0.39 is 0 Å². The largest absolute Gasteiger partial charge is 0.254 e. The van der Waals surface area contributed by atoms with Crippen LogP contribution in [0.4, 0.5) is 0 Å². The van der Waals surface area contributed by atoms with Gasteiger partial charge in [-0.3, -0.25) is 4.98 Å². The lowest BCUT2D eigenvalue weighted by molar-refractivity contribution is 0.598. The van der Waals surface area contributed by atoms with E-state index in [9.17, 15) is 0 Å². The normalized spacial score (nSPS) is 11.8. The van der Waals surface area contributed by atoms with Gasteiger partial charge < -0.3 is 0 Å². The van der Waals surface area contributed by atoms with Crippen molar-refractivity contribution < 1.29 is 0 Å². The molecule has 16 heavy (non-hydrogen) atoms. The molecule has 0 amide bonds. The molecule has 2 aromatic heterocycles. The summed E-state index contributed by atoms with van der Waals surface area (Å²) in [5.41, 5.74) is 2.25. The summed E-state index contributed by atoms with van der Waals surface area (Å²) in [6.07, 6.45) is 1.81. The fourth-order valence-electron chi connectivity index (χ4n) is 1.69. The van der Waals surface area contributed by atoms with Crippen LogP contribution >= 0.6 is 11.3 Å². The molecule has 0 aliphatic rings. The first-order valence-electron chi connectivity index (χ1n) is 5.38. The van der Waals surface area contributed by atoms with Crippen molar-refractivity contribution in [2.24, 2.45) is 0 Å². The highest BCUT2D eigenvalue weighted by Gasteiger charge is 2.21. The molecule has 0 N–H and O–H groups in total. The molecular weight excluding hydrogens is 216 g/mol. The molecule has 0 radical (unpaired) electrons. The van der Waals surface area contributed by atoms with Crippen LogP contribution in [0.15, 0.2) is 24.4 Å². The summed E-state index contributed by atoms with van der Waals surface area (Å²) in [6.45, 7) is 8.73. The third-order valence-electron chi connectivity index (χ3n) is 2.36. The molecule has 2 nitrogen and oxygen atoms in total. The maximum Gasteiger partial charge on any atom is 0.142 e. The third kappa shape index (κ3) is 2.14. The van der Waals surface area contributed by atoms with Crippen LogP contribution in [0.5, 0.6) is 0 Å². The van der Waals surface area contributed by atoms with Gasteiger partial charge in [-0.15, -0.1) is 11.3 Å². The van der Waals surface area contributed by atoms with Gasteiger partial charge in [-0.2, -0.15) is 0 Å². The molecule has 0 unspecified atom stereocenters. The van der Waals surface area contributed by atoms with Crippen LogP contribution in [0.25, 0.3) is 10.7 Å². The summed E-state index contributed by atoms with van der Waals surface area (Å²) < 4.78 is 0. The third-order valence-corrected chi connectivity index (χ3v) is 3.97. The molecule has 2 aromatic rings.